The summed E-state index contributed by atoms with van der Waals surface area (Å²) in [6.45, 7) is 1.89. The van der Waals surface area contributed by atoms with Gasteiger partial charge >= 0.3 is 5.97 Å². The van der Waals surface area contributed by atoms with Crippen molar-refractivity contribution in [3.63, 3.8) is 0 Å². The highest BCUT2D eigenvalue weighted by molar-refractivity contribution is 6.30. The molecule has 3 nitrogen and oxygen atoms in total. The number of carbonyl (C=O) groups is 1. The summed E-state index contributed by atoms with van der Waals surface area (Å²) in [5.74, 6) is -0.907. The van der Waals surface area contributed by atoms with Gasteiger partial charge in [0, 0.05) is 11.1 Å². The molecule has 1 aromatic carbocycles. The Labute approximate surface area is 87.5 Å². The monoisotopic (exact) mass is 213 g/mol. The van der Waals surface area contributed by atoms with Crippen LogP contribution in [-0.4, -0.2) is 11.1 Å². The van der Waals surface area contributed by atoms with Crippen molar-refractivity contribution in [3.8, 4) is 0 Å². The third-order valence-corrected chi connectivity index (χ3v) is 2.11. The van der Waals surface area contributed by atoms with Crippen molar-refractivity contribution in [2.75, 3.05) is 0 Å². The maximum atomic E-state index is 10.4. The van der Waals surface area contributed by atoms with Crippen LogP contribution in [-0.2, 0) is 4.79 Å². The zero-order valence-corrected chi connectivity index (χ0v) is 8.58. The van der Waals surface area contributed by atoms with Gasteiger partial charge in [0.05, 0.1) is 6.42 Å². The minimum atomic E-state index is -0.907. The molecule has 0 aliphatic rings. The van der Waals surface area contributed by atoms with Crippen LogP contribution in [0.4, 0.5) is 0 Å². The largest absolute Gasteiger partial charge is 0.481 e. The second kappa shape index (κ2) is 4.44. The van der Waals surface area contributed by atoms with E-state index in [9.17, 15) is 4.79 Å². The van der Waals surface area contributed by atoms with Crippen LogP contribution in [0.25, 0.3) is 0 Å². The SMILES string of the molecule is Cc1cc(Cl)cc([C@H](N)CC(=O)O)c1. The normalized spacial score (nSPS) is 12.5. The Morgan fingerprint density at radius 2 is 2.21 bits per heavy atom. The van der Waals surface area contributed by atoms with Crippen LogP contribution in [0.3, 0.4) is 0 Å². The molecule has 0 aliphatic heterocycles. The average molecular weight is 214 g/mol. The molecule has 1 atom stereocenters. The molecule has 0 heterocycles. The van der Waals surface area contributed by atoms with Crippen LogP contribution < -0.4 is 5.73 Å². The summed E-state index contributed by atoms with van der Waals surface area (Å²) in [7, 11) is 0. The van der Waals surface area contributed by atoms with Crippen LogP contribution in [0.5, 0.6) is 0 Å². The van der Waals surface area contributed by atoms with Crippen molar-refractivity contribution in [3.05, 3.63) is 34.3 Å². The van der Waals surface area contributed by atoms with Gasteiger partial charge in [0.15, 0.2) is 0 Å². The summed E-state index contributed by atoms with van der Waals surface area (Å²) in [6.07, 6.45) is -0.0835. The first-order chi connectivity index (χ1) is 6.49. The summed E-state index contributed by atoms with van der Waals surface area (Å²) >= 11 is 5.83. The summed E-state index contributed by atoms with van der Waals surface area (Å²) < 4.78 is 0. The molecule has 0 aromatic heterocycles. The van der Waals surface area contributed by atoms with Gasteiger partial charge in [0.25, 0.3) is 0 Å². The maximum Gasteiger partial charge on any atom is 0.305 e. The lowest BCUT2D eigenvalue weighted by molar-refractivity contribution is -0.137. The molecule has 0 saturated carbocycles. The Morgan fingerprint density at radius 1 is 1.57 bits per heavy atom. The molecule has 0 unspecified atom stereocenters. The van der Waals surface area contributed by atoms with E-state index in [0.717, 1.165) is 11.1 Å². The number of hydrogen-bond donors (Lipinski definition) is 2. The van der Waals surface area contributed by atoms with Gasteiger partial charge in [-0.15, -0.1) is 0 Å². The van der Waals surface area contributed by atoms with Crippen LogP contribution in [0.2, 0.25) is 5.02 Å². The highest BCUT2D eigenvalue weighted by Gasteiger charge is 2.11. The van der Waals surface area contributed by atoms with Crippen LogP contribution in [0, 0.1) is 6.92 Å². The lowest BCUT2D eigenvalue weighted by Crippen LogP contribution is -2.15. The minimum absolute atomic E-state index is 0.0835. The predicted octanol–water partition coefficient (Wildman–Crippen LogP) is 2.12. The molecule has 3 N–H and O–H groups in total. The number of rotatable bonds is 3. The number of benzene rings is 1. The molecule has 0 saturated heterocycles. The number of halogens is 1. The summed E-state index contributed by atoms with van der Waals surface area (Å²) in [5, 5.41) is 9.15. The Kier molecular flexibility index (Phi) is 3.49. The molecule has 1 rings (SSSR count). The van der Waals surface area contributed by atoms with Gasteiger partial charge < -0.3 is 10.8 Å². The molecule has 0 fully saturated rings. The van der Waals surface area contributed by atoms with E-state index in [1.165, 1.54) is 0 Å². The van der Waals surface area contributed by atoms with Crippen molar-refractivity contribution in [2.24, 2.45) is 5.73 Å². The summed E-state index contributed by atoms with van der Waals surface area (Å²) in [6, 6.07) is 4.85. The van der Waals surface area contributed by atoms with E-state index < -0.39 is 12.0 Å². The number of aliphatic carboxylic acids is 1. The van der Waals surface area contributed by atoms with Gasteiger partial charge in [-0.1, -0.05) is 17.7 Å². The zero-order valence-electron chi connectivity index (χ0n) is 7.83. The van der Waals surface area contributed by atoms with E-state index in [2.05, 4.69) is 0 Å². The van der Waals surface area contributed by atoms with Crippen molar-refractivity contribution < 1.29 is 9.90 Å². The topological polar surface area (TPSA) is 63.3 Å². The second-order valence-corrected chi connectivity index (χ2v) is 3.70. The van der Waals surface area contributed by atoms with Gasteiger partial charge in [0.1, 0.15) is 0 Å². The van der Waals surface area contributed by atoms with E-state index in [1.54, 1.807) is 12.1 Å². The summed E-state index contributed by atoms with van der Waals surface area (Å²) in [4.78, 5) is 10.4. The third-order valence-electron chi connectivity index (χ3n) is 1.89. The molecule has 0 aliphatic carbocycles. The predicted molar refractivity (Wildman–Crippen MR) is 55.4 cm³/mol. The van der Waals surface area contributed by atoms with E-state index >= 15 is 0 Å². The van der Waals surface area contributed by atoms with E-state index in [1.807, 2.05) is 13.0 Å². The van der Waals surface area contributed by atoms with Crippen LogP contribution in [0.1, 0.15) is 23.6 Å². The molecule has 0 radical (unpaired) electrons. The standard InChI is InChI=1S/C10H12ClNO2/c1-6-2-7(4-8(11)3-6)9(12)5-10(13)14/h2-4,9H,5,12H2,1H3,(H,13,14)/t9-/m1/s1. The van der Waals surface area contributed by atoms with Crippen molar-refractivity contribution in [2.45, 2.75) is 19.4 Å². The number of nitrogens with two attached hydrogens (primary N) is 1. The van der Waals surface area contributed by atoms with Crippen molar-refractivity contribution in [1.82, 2.24) is 0 Å². The first-order valence-electron chi connectivity index (χ1n) is 4.23. The van der Waals surface area contributed by atoms with Crippen molar-refractivity contribution >= 4 is 17.6 Å². The van der Waals surface area contributed by atoms with Crippen LogP contribution >= 0.6 is 11.6 Å². The van der Waals surface area contributed by atoms with E-state index in [0.29, 0.717) is 5.02 Å². The average Bonchev–Trinajstić information content (AvgIpc) is 2.00. The molecule has 14 heavy (non-hydrogen) atoms. The minimum Gasteiger partial charge on any atom is -0.481 e. The zero-order chi connectivity index (χ0) is 10.7. The molecule has 0 bridgehead atoms. The number of carboxylic acids is 1. The molecular weight excluding hydrogens is 202 g/mol. The Bertz CT molecular complexity index is 332. The van der Waals surface area contributed by atoms with Gasteiger partial charge in [-0.05, 0) is 30.2 Å². The lowest BCUT2D eigenvalue weighted by atomic mass is 10.0. The highest BCUT2D eigenvalue weighted by atomic mass is 35.5. The number of hydrogen-bond acceptors (Lipinski definition) is 2. The first-order valence-corrected chi connectivity index (χ1v) is 4.61. The van der Waals surface area contributed by atoms with Gasteiger partial charge in [-0.2, -0.15) is 0 Å². The molecule has 4 heteroatoms. The fraction of sp³-hybridized carbons (Fsp3) is 0.300. The van der Waals surface area contributed by atoms with E-state index in [4.69, 9.17) is 22.4 Å². The molecule has 0 amide bonds. The van der Waals surface area contributed by atoms with E-state index in [-0.39, 0.29) is 6.42 Å². The Balaban J connectivity index is 2.89. The molecule has 76 valence electrons. The quantitative estimate of drug-likeness (QED) is 0.809. The van der Waals surface area contributed by atoms with Crippen molar-refractivity contribution in [1.29, 1.82) is 0 Å². The first kappa shape index (κ1) is 11.0. The molecular formula is C10H12ClNO2. The van der Waals surface area contributed by atoms with Crippen LogP contribution in [0.15, 0.2) is 18.2 Å². The highest BCUT2D eigenvalue weighted by Crippen LogP contribution is 2.20. The fourth-order valence-corrected chi connectivity index (χ4v) is 1.58. The smallest absolute Gasteiger partial charge is 0.305 e. The number of aryl methyl sites for hydroxylation is 1. The molecule has 1 aromatic rings. The fourth-order valence-electron chi connectivity index (χ4n) is 1.28. The Hall–Kier alpha value is -1.06. The number of carboxylic acid groups (broad SMARTS) is 1. The summed E-state index contributed by atoms with van der Waals surface area (Å²) in [5.41, 5.74) is 7.44. The Morgan fingerprint density at radius 3 is 2.71 bits per heavy atom. The lowest BCUT2D eigenvalue weighted by Gasteiger charge is -2.10. The van der Waals surface area contributed by atoms with Gasteiger partial charge in [0.2, 0.25) is 0 Å². The molecule has 0 spiro atoms. The van der Waals surface area contributed by atoms with Gasteiger partial charge in [-0.25, -0.2) is 0 Å². The second-order valence-electron chi connectivity index (χ2n) is 3.27. The van der Waals surface area contributed by atoms with Gasteiger partial charge in [-0.3, -0.25) is 4.79 Å². The maximum absolute atomic E-state index is 10.4. The third kappa shape index (κ3) is 3.01.